The fourth-order valence-electron chi connectivity index (χ4n) is 2.84. The number of nitrogens with one attached hydrogen (secondary N) is 2. The van der Waals surface area contributed by atoms with Crippen LogP contribution in [0.25, 0.3) is 0 Å². The second-order valence-electron chi connectivity index (χ2n) is 5.99. The van der Waals surface area contributed by atoms with Crippen molar-refractivity contribution in [3.8, 4) is 0 Å². The van der Waals surface area contributed by atoms with Gasteiger partial charge in [-0.15, -0.1) is 0 Å². The third-order valence-corrected chi connectivity index (χ3v) is 4.24. The zero-order chi connectivity index (χ0) is 17.6. The summed E-state index contributed by atoms with van der Waals surface area (Å²) < 4.78 is 2.32. The summed E-state index contributed by atoms with van der Waals surface area (Å²) in [7, 11) is 6.82. The molecular formula is C16H19N5O3. The minimum absolute atomic E-state index is 0.230. The maximum atomic E-state index is 12.6. The molecule has 0 saturated carbocycles. The molecule has 1 unspecified atom stereocenters. The number of amides is 2. The number of aromatic nitrogens is 2. The zero-order valence-electron chi connectivity index (χ0n) is 14.0. The summed E-state index contributed by atoms with van der Waals surface area (Å²) >= 11 is 0. The first-order chi connectivity index (χ1) is 11.3. The van der Waals surface area contributed by atoms with E-state index in [9.17, 15) is 14.4 Å². The second kappa shape index (κ2) is 5.55. The number of benzene rings is 1. The van der Waals surface area contributed by atoms with E-state index < -0.39 is 23.3 Å². The van der Waals surface area contributed by atoms with Gasteiger partial charge in [-0.3, -0.25) is 19.2 Å². The maximum absolute atomic E-state index is 12.6. The van der Waals surface area contributed by atoms with Crippen LogP contribution in [0.4, 0.5) is 16.3 Å². The lowest BCUT2D eigenvalue weighted by Gasteiger charge is -2.28. The molecule has 8 nitrogen and oxygen atoms in total. The van der Waals surface area contributed by atoms with Crippen LogP contribution < -0.4 is 26.8 Å². The topological polar surface area (TPSA) is 88.4 Å². The molecule has 0 spiro atoms. The molecule has 2 heterocycles. The lowest BCUT2D eigenvalue weighted by atomic mass is 9.98. The van der Waals surface area contributed by atoms with Gasteiger partial charge in [0, 0.05) is 33.9 Å². The zero-order valence-corrected chi connectivity index (χ0v) is 14.0. The maximum Gasteiger partial charge on any atom is 0.332 e. The lowest BCUT2D eigenvalue weighted by Crippen LogP contribution is -2.49. The van der Waals surface area contributed by atoms with Crippen molar-refractivity contribution in [2.24, 2.45) is 14.1 Å². The molecule has 8 heteroatoms. The molecule has 126 valence electrons. The van der Waals surface area contributed by atoms with E-state index in [2.05, 4.69) is 10.6 Å². The fourth-order valence-corrected chi connectivity index (χ4v) is 2.84. The third-order valence-electron chi connectivity index (χ3n) is 4.24. The van der Waals surface area contributed by atoms with Crippen molar-refractivity contribution in [2.75, 3.05) is 24.3 Å². The van der Waals surface area contributed by atoms with E-state index in [1.165, 1.54) is 18.7 Å². The Balaban J connectivity index is 2.21. The smallest absolute Gasteiger partial charge is 0.332 e. The van der Waals surface area contributed by atoms with Crippen molar-refractivity contribution >= 4 is 17.5 Å². The highest BCUT2D eigenvalue weighted by Gasteiger charge is 2.31. The molecule has 0 fully saturated rings. The van der Waals surface area contributed by atoms with Gasteiger partial charge in [0.2, 0.25) is 0 Å². The standard InChI is InChI=1S/C16H19N5O3/c1-19(2)10-7-5-9(6-8-10)12-11-13(18-15(23)17-12)20(3)16(24)21(4)14(11)22/h5-8,12H,1-4H3,(H2,17,18,23). The molecule has 24 heavy (non-hydrogen) atoms. The summed E-state index contributed by atoms with van der Waals surface area (Å²) in [5.41, 5.74) is 1.21. The molecule has 0 radical (unpaired) electrons. The molecule has 0 aliphatic carbocycles. The van der Waals surface area contributed by atoms with Gasteiger partial charge in [0.15, 0.2) is 0 Å². The largest absolute Gasteiger partial charge is 0.378 e. The van der Waals surface area contributed by atoms with Gasteiger partial charge in [0.05, 0.1) is 11.6 Å². The Hall–Kier alpha value is -3.03. The predicted molar refractivity (Wildman–Crippen MR) is 91.7 cm³/mol. The highest BCUT2D eigenvalue weighted by molar-refractivity contribution is 5.92. The third kappa shape index (κ3) is 2.36. The van der Waals surface area contributed by atoms with Crippen molar-refractivity contribution in [3.05, 3.63) is 56.2 Å². The molecule has 2 aromatic rings. The highest BCUT2D eigenvalue weighted by Crippen LogP contribution is 2.29. The quantitative estimate of drug-likeness (QED) is 0.833. The monoisotopic (exact) mass is 329 g/mol. The Morgan fingerprint density at radius 2 is 1.62 bits per heavy atom. The SMILES string of the molecule is CN(C)c1ccc(C2NC(=O)Nc3c2c(=O)n(C)c(=O)n3C)cc1. The number of urea groups is 1. The van der Waals surface area contributed by atoms with Gasteiger partial charge in [0.25, 0.3) is 5.56 Å². The molecule has 1 atom stereocenters. The average Bonchev–Trinajstić information content (AvgIpc) is 2.57. The van der Waals surface area contributed by atoms with Crippen LogP contribution in [0.3, 0.4) is 0 Å². The molecular weight excluding hydrogens is 310 g/mol. The van der Waals surface area contributed by atoms with Gasteiger partial charge in [-0.2, -0.15) is 0 Å². The van der Waals surface area contributed by atoms with E-state index in [1.54, 1.807) is 0 Å². The number of anilines is 2. The number of fused-ring (bicyclic) bond motifs is 1. The predicted octanol–water partition coefficient (Wildman–Crippen LogP) is 0.375. The minimum Gasteiger partial charge on any atom is -0.378 e. The second-order valence-corrected chi connectivity index (χ2v) is 5.99. The Bertz CT molecular complexity index is 924. The van der Waals surface area contributed by atoms with Crippen molar-refractivity contribution < 1.29 is 4.79 Å². The van der Waals surface area contributed by atoms with E-state index in [4.69, 9.17) is 0 Å². The summed E-state index contributed by atoms with van der Waals surface area (Å²) in [6.07, 6.45) is 0. The highest BCUT2D eigenvalue weighted by atomic mass is 16.2. The molecule has 0 bridgehead atoms. The number of hydrogen-bond acceptors (Lipinski definition) is 4. The normalized spacial score (nSPS) is 16.2. The van der Waals surface area contributed by atoms with Crippen molar-refractivity contribution in [1.29, 1.82) is 0 Å². The van der Waals surface area contributed by atoms with E-state index in [-0.39, 0.29) is 5.82 Å². The molecule has 1 aromatic heterocycles. The van der Waals surface area contributed by atoms with Gasteiger partial charge >= 0.3 is 11.7 Å². The first-order valence-electron chi connectivity index (χ1n) is 7.46. The molecule has 1 aliphatic heterocycles. The summed E-state index contributed by atoms with van der Waals surface area (Å²) in [5, 5.41) is 5.32. The molecule has 3 rings (SSSR count). The van der Waals surface area contributed by atoms with Crippen LogP contribution in [0.1, 0.15) is 17.2 Å². The van der Waals surface area contributed by atoms with Crippen LogP contribution in [0.15, 0.2) is 33.9 Å². The van der Waals surface area contributed by atoms with Gasteiger partial charge in [0.1, 0.15) is 5.82 Å². The molecule has 2 amide bonds. The van der Waals surface area contributed by atoms with Gasteiger partial charge in [-0.25, -0.2) is 9.59 Å². The minimum atomic E-state index is -0.615. The Kier molecular flexibility index (Phi) is 3.67. The van der Waals surface area contributed by atoms with Crippen LogP contribution in [-0.4, -0.2) is 29.3 Å². The Morgan fingerprint density at radius 3 is 2.21 bits per heavy atom. The van der Waals surface area contributed by atoms with Crippen molar-refractivity contribution in [2.45, 2.75) is 6.04 Å². The van der Waals surface area contributed by atoms with Crippen molar-refractivity contribution in [1.82, 2.24) is 14.5 Å². The first-order valence-corrected chi connectivity index (χ1v) is 7.46. The van der Waals surface area contributed by atoms with Crippen LogP contribution >= 0.6 is 0 Å². The van der Waals surface area contributed by atoms with Crippen LogP contribution in [0.2, 0.25) is 0 Å². The van der Waals surface area contributed by atoms with Crippen molar-refractivity contribution in [3.63, 3.8) is 0 Å². The molecule has 1 aromatic carbocycles. The summed E-state index contributed by atoms with van der Waals surface area (Å²) in [5.74, 6) is 0.230. The summed E-state index contributed by atoms with van der Waals surface area (Å²) in [6, 6.07) is 6.48. The van der Waals surface area contributed by atoms with E-state index in [0.29, 0.717) is 5.56 Å². The van der Waals surface area contributed by atoms with Crippen LogP contribution in [0.5, 0.6) is 0 Å². The van der Waals surface area contributed by atoms with E-state index in [0.717, 1.165) is 15.8 Å². The lowest BCUT2D eigenvalue weighted by molar-refractivity contribution is 0.248. The Morgan fingerprint density at radius 1 is 1.00 bits per heavy atom. The van der Waals surface area contributed by atoms with Crippen LogP contribution in [0, 0.1) is 0 Å². The fraction of sp³-hybridized carbons (Fsp3) is 0.312. The average molecular weight is 329 g/mol. The number of hydrogen-bond donors (Lipinski definition) is 2. The Labute approximate surface area is 138 Å². The summed E-state index contributed by atoms with van der Waals surface area (Å²) in [4.78, 5) is 38.6. The van der Waals surface area contributed by atoms with Gasteiger partial charge in [-0.05, 0) is 17.7 Å². The number of carbonyl (C=O) groups excluding carboxylic acids is 1. The van der Waals surface area contributed by atoms with E-state index in [1.807, 2.05) is 43.3 Å². The number of rotatable bonds is 2. The molecule has 0 saturated heterocycles. The van der Waals surface area contributed by atoms with Crippen LogP contribution in [-0.2, 0) is 14.1 Å². The van der Waals surface area contributed by atoms with E-state index >= 15 is 0 Å². The molecule has 1 aliphatic rings. The van der Waals surface area contributed by atoms with Gasteiger partial charge < -0.3 is 10.2 Å². The first kappa shape index (κ1) is 15.9. The molecule has 2 N–H and O–H groups in total. The van der Waals surface area contributed by atoms with Gasteiger partial charge in [-0.1, -0.05) is 12.1 Å². The number of nitrogens with zero attached hydrogens (tertiary/aromatic N) is 3. The summed E-state index contributed by atoms with van der Waals surface area (Å²) in [6.45, 7) is 0. The number of carbonyl (C=O) groups is 1.